The van der Waals surface area contributed by atoms with E-state index in [4.69, 9.17) is 5.11 Å². The molecule has 2 N–H and O–H groups in total. The second-order valence-corrected chi connectivity index (χ2v) is 6.66. The number of rotatable bonds is 3. The molecule has 0 bridgehead atoms. The van der Waals surface area contributed by atoms with Crippen LogP contribution in [0.15, 0.2) is 30.9 Å². The summed E-state index contributed by atoms with van der Waals surface area (Å²) >= 11 is 0. The molecule has 24 heavy (non-hydrogen) atoms. The lowest BCUT2D eigenvalue weighted by molar-refractivity contribution is -0.142. The molecule has 0 unspecified atom stereocenters. The Hall–Kier alpha value is -2.63. The maximum atomic E-state index is 11.1. The number of nitrogens with one attached hydrogen (secondary N) is 1. The standard InChI is InChI=1S/C18H20N4O2/c1-22-10-14(8-21-22)16-9-20-17-15(16)6-13(7-19-17)11-2-4-12(5-3-11)18(23)24/h6-12H,2-5H2,1H3,(H,19,20)(H,23,24)/t11-,12+. The zero-order valence-electron chi connectivity index (χ0n) is 13.6. The van der Waals surface area contributed by atoms with E-state index in [1.165, 1.54) is 5.56 Å². The van der Waals surface area contributed by atoms with Crippen LogP contribution in [0.2, 0.25) is 0 Å². The van der Waals surface area contributed by atoms with Crippen LogP contribution in [0.3, 0.4) is 0 Å². The Morgan fingerprint density at radius 1 is 1.29 bits per heavy atom. The third-order valence-electron chi connectivity index (χ3n) is 5.12. The summed E-state index contributed by atoms with van der Waals surface area (Å²) in [7, 11) is 1.91. The number of carboxylic acids is 1. The van der Waals surface area contributed by atoms with Crippen LogP contribution in [-0.2, 0) is 11.8 Å². The summed E-state index contributed by atoms with van der Waals surface area (Å²) in [6.45, 7) is 0. The van der Waals surface area contributed by atoms with Crippen LogP contribution in [0.4, 0.5) is 0 Å². The van der Waals surface area contributed by atoms with Gasteiger partial charge in [-0.2, -0.15) is 5.10 Å². The van der Waals surface area contributed by atoms with Gasteiger partial charge in [0.15, 0.2) is 0 Å². The Kier molecular flexibility index (Phi) is 3.59. The van der Waals surface area contributed by atoms with E-state index in [-0.39, 0.29) is 5.92 Å². The lowest BCUT2D eigenvalue weighted by Crippen LogP contribution is -2.20. The molecule has 0 aromatic carbocycles. The maximum absolute atomic E-state index is 11.1. The second-order valence-electron chi connectivity index (χ2n) is 6.66. The van der Waals surface area contributed by atoms with E-state index in [2.05, 4.69) is 21.1 Å². The minimum absolute atomic E-state index is 0.184. The van der Waals surface area contributed by atoms with Gasteiger partial charge in [0.2, 0.25) is 0 Å². The fourth-order valence-corrected chi connectivity index (χ4v) is 3.72. The summed E-state index contributed by atoms with van der Waals surface area (Å²) in [5.74, 6) is -0.447. The summed E-state index contributed by atoms with van der Waals surface area (Å²) in [5, 5.41) is 14.5. The average molecular weight is 324 g/mol. The van der Waals surface area contributed by atoms with Gasteiger partial charge < -0.3 is 10.1 Å². The number of hydrogen-bond donors (Lipinski definition) is 2. The van der Waals surface area contributed by atoms with Crippen molar-refractivity contribution in [3.63, 3.8) is 0 Å². The molecule has 0 amide bonds. The molecule has 0 aliphatic heterocycles. The van der Waals surface area contributed by atoms with Crippen LogP contribution in [0, 0.1) is 5.92 Å². The van der Waals surface area contributed by atoms with Gasteiger partial charge in [-0.05, 0) is 43.2 Å². The first-order valence-electron chi connectivity index (χ1n) is 8.30. The molecule has 0 spiro atoms. The second kappa shape index (κ2) is 5.78. The molecule has 0 saturated heterocycles. The highest BCUT2D eigenvalue weighted by atomic mass is 16.4. The summed E-state index contributed by atoms with van der Waals surface area (Å²) in [5.41, 5.74) is 4.25. The van der Waals surface area contributed by atoms with E-state index < -0.39 is 5.97 Å². The van der Waals surface area contributed by atoms with E-state index in [0.29, 0.717) is 5.92 Å². The van der Waals surface area contributed by atoms with Crippen LogP contribution in [0.1, 0.15) is 37.2 Å². The molecule has 1 saturated carbocycles. The van der Waals surface area contributed by atoms with Crippen molar-refractivity contribution < 1.29 is 9.90 Å². The van der Waals surface area contributed by atoms with Crippen LogP contribution >= 0.6 is 0 Å². The molecule has 0 atom stereocenters. The number of H-pyrrole nitrogens is 1. The average Bonchev–Trinajstić information content (AvgIpc) is 3.20. The first-order chi connectivity index (χ1) is 11.6. The van der Waals surface area contributed by atoms with Crippen LogP contribution < -0.4 is 0 Å². The van der Waals surface area contributed by atoms with Crippen LogP contribution in [-0.4, -0.2) is 30.8 Å². The minimum Gasteiger partial charge on any atom is -0.481 e. The number of carbonyl (C=O) groups is 1. The van der Waals surface area contributed by atoms with Crippen molar-refractivity contribution in [2.75, 3.05) is 0 Å². The van der Waals surface area contributed by atoms with E-state index >= 15 is 0 Å². The quantitative estimate of drug-likeness (QED) is 0.774. The Labute approximate surface area is 139 Å². The van der Waals surface area contributed by atoms with Gasteiger partial charge in [-0.3, -0.25) is 9.48 Å². The summed E-state index contributed by atoms with van der Waals surface area (Å²) in [6, 6.07) is 2.20. The number of aliphatic carboxylic acids is 1. The van der Waals surface area contributed by atoms with Crippen molar-refractivity contribution in [1.82, 2.24) is 19.7 Å². The van der Waals surface area contributed by atoms with E-state index in [9.17, 15) is 4.79 Å². The number of carboxylic acid groups (broad SMARTS) is 1. The van der Waals surface area contributed by atoms with Gasteiger partial charge in [0, 0.05) is 42.2 Å². The Bertz CT molecular complexity index is 887. The minimum atomic E-state index is -0.661. The summed E-state index contributed by atoms with van der Waals surface area (Å²) in [6.07, 6.45) is 11.1. The number of aromatic amines is 1. The Balaban J connectivity index is 1.65. The zero-order chi connectivity index (χ0) is 16.7. The van der Waals surface area contributed by atoms with Gasteiger partial charge in [-0.15, -0.1) is 0 Å². The van der Waals surface area contributed by atoms with Gasteiger partial charge in [-0.25, -0.2) is 4.98 Å². The first kappa shape index (κ1) is 14.9. The number of aryl methyl sites for hydroxylation is 1. The topological polar surface area (TPSA) is 83.8 Å². The van der Waals surface area contributed by atoms with Gasteiger partial charge in [0.05, 0.1) is 12.1 Å². The molecule has 6 nitrogen and oxygen atoms in total. The Morgan fingerprint density at radius 3 is 2.75 bits per heavy atom. The van der Waals surface area contributed by atoms with Crippen molar-refractivity contribution in [3.8, 4) is 11.1 Å². The highest BCUT2D eigenvalue weighted by Gasteiger charge is 2.27. The summed E-state index contributed by atoms with van der Waals surface area (Å²) < 4.78 is 1.79. The van der Waals surface area contributed by atoms with Gasteiger partial charge in [0.1, 0.15) is 5.65 Å². The lowest BCUT2D eigenvalue weighted by atomic mass is 9.79. The van der Waals surface area contributed by atoms with Crippen molar-refractivity contribution in [2.24, 2.45) is 13.0 Å². The highest BCUT2D eigenvalue weighted by molar-refractivity contribution is 5.93. The van der Waals surface area contributed by atoms with Crippen LogP contribution in [0.5, 0.6) is 0 Å². The third kappa shape index (κ3) is 2.58. The van der Waals surface area contributed by atoms with Gasteiger partial charge in [-0.1, -0.05) is 0 Å². The molecule has 3 heterocycles. The SMILES string of the molecule is Cn1cc(-c2c[nH]c3ncc([C@H]4CC[C@@H](C(=O)O)CC4)cc23)cn1. The molecule has 0 radical (unpaired) electrons. The van der Waals surface area contributed by atoms with Crippen molar-refractivity contribution in [1.29, 1.82) is 0 Å². The van der Waals surface area contributed by atoms with Gasteiger partial charge in [0.25, 0.3) is 0 Å². The van der Waals surface area contributed by atoms with Crippen molar-refractivity contribution in [3.05, 3.63) is 36.4 Å². The molecule has 3 aromatic heterocycles. The van der Waals surface area contributed by atoms with Crippen molar-refractivity contribution in [2.45, 2.75) is 31.6 Å². The molecule has 1 aliphatic rings. The molecule has 1 fully saturated rings. The molecule has 124 valence electrons. The number of fused-ring (bicyclic) bond motifs is 1. The smallest absolute Gasteiger partial charge is 0.306 e. The number of aromatic nitrogens is 4. The van der Waals surface area contributed by atoms with E-state index in [0.717, 1.165) is 47.8 Å². The Morgan fingerprint density at radius 2 is 2.08 bits per heavy atom. The monoisotopic (exact) mass is 324 g/mol. The van der Waals surface area contributed by atoms with Gasteiger partial charge >= 0.3 is 5.97 Å². The largest absolute Gasteiger partial charge is 0.481 e. The van der Waals surface area contributed by atoms with E-state index in [1.807, 2.05) is 31.8 Å². The molecule has 4 rings (SSSR count). The lowest BCUT2D eigenvalue weighted by Gasteiger charge is -2.26. The summed E-state index contributed by atoms with van der Waals surface area (Å²) in [4.78, 5) is 18.9. The maximum Gasteiger partial charge on any atom is 0.306 e. The number of hydrogen-bond acceptors (Lipinski definition) is 3. The fourth-order valence-electron chi connectivity index (χ4n) is 3.72. The predicted octanol–water partition coefficient (Wildman–Crippen LogP) is 3.32. The fraction of sp³-hybridized carbons (Fsp3) is 0.389. The van der Waals surface area contributed by atoms with Crippen LogP contribution in [0.25, 0.3) is 22.2 Å². The molecule has 6 heteroatoms. The number of pyridine rings is 1. The highest BCUT2D eigenvalue weighted by Crippen LogP contribution is 2.37. The first-order valence-corrected chi connectivity index (χ1v) is 8.30. The molecular weight excluding hydrogens is 304 g/mol. The normalized spacial score (nSPS) is 21.2. The molecule has 3 aromatic rings. The number of nitrogens with zero attached hydrogens (tertiary/aromatic N) is 3. The third-order valence-corrected chi connectivity index (χ3v) is 5.12. The van der Waals surface area contributed by atoms with Crippen molar-refractivity contribution >= 4 is 17.0 Å². The predicted molar refractivity (Wildman–Crippen MR) is 90.6 cm³/mol. The van der Waals surface area contributed by atoms with E-state index in [1.54, 1.807) is 4.68 Å². The zero-order valence-corrected chi connectivity index (χ0v) is 13.6. The molecule has 1 aliphatic carbocycles. The molecular formula is C18H20N4O2.